The van der Waals surface area contributed by atoms with Gasteiger partial charge in [0.05, 0.1) is 6.54 Å². The van der Waals surface area contributed by atoms with E-state index < -0.39 is 0 Å². The first-order chi connectivity index (χ1) is 10.6. The molecule has 0 aliphatic carbocycles. The van der Waals surface area contributed by atoms with Crippen LogP contribution in [0.5, 0.6) is 0 Å². The summed E-state index contributed by atoms with van der Waals surface area (Å²) in [7, 11) is 0. The van der Waals surface area contributed by atoms with Crippen LogP contribution in [0.4, 0.5) is 5.69 Å². The Balaban J connectivity index is 1.70. The predicted molar refractivity (Wildman–Crippen MR) is 92.5 cm³/mol. The first-order valence-corrected chi connectivity index (χ1v) is 8.69. The van der Waals surface area contributed by atoms with Crippen LogP contribution < -0.4 is 10.2 Å². The van der Waals surface area contributed by atoms with Crippen LogP contribution in [0.15, 0.2) is 35.7 Å². The molecule has 1 N–H and O–H groups in total. The number of nitrogens with one attached hydrogen (secondary N) is 1. The predicted octanol–water partition coefficient (Wildman–Crippen LogP) is 3.51. The molecule has 0 radical (unpaired) electrons. The van der Waals surface area contributed by atoms with Gasteiger partial charge in [0.25, 0.3) is 0 Å². The highest BCUT2D eigenvalue weighted by atomic mass is 32.1. The Kier molecular flexibility index (Phi) is 4.48. The van der Waals surface area contributed by atoms with Gasteiger partial charge in [0, 0.05) is 17.1 Å². The minimum Gasteiger partial charge on any atom is -0.360 e. The Morgan fingerprint density at radius 3 is 3.05 bits per heavy atom. The first-order valence-electron chi connectivity index (χ1n) is 7.81. The molecule has 0 bridgehead atoms. The van der Waals surface area contributed by atoms with Crippen LogP contribution in [0.3, 0.4) is 0 Å². The van der Waals surface area contributed by atoms with Crippen LogP contribution in [0, 0.1) is 6.92 Å². The summed E-state index contributed by atoms with van der Waals surface area (Å²) in [6, 6.07) is 10.5. The van der Waals surface area contributed by atoms with E-state index in [-0.39, 0.29) is 11.9 Å². The van der Waals surface area contributed by atoms with Gasteiger partial charge in [-0.1, -0.05) is 23.8 Å². The largest absolute Gasteiger partial charge is 0.360 e. The van der Waals surface area contributed by atoms with Crippen molar-refractivity contribution < 1.29 is 4.79 Å². The number of benzene rings is 1. The molecule has 1 unspecified atom stereocenters. The van der Waals surface area contributed by atoms with Crippen LogP contribution in [0.1, 0.15) is 29.3 Å². The Bertz CT molecular complexity index is 651. The quantitative estimate of drug-likeness (QED) is 0.936. The van der Waals surface area contributed by atoms with Crippen molar-refractivity contribution in [3.63, 3.8) is 0 Å². The van der Waals surface area contributed by atoms with Gasteiger partial charge in [-0.05, 0) is 49.8 Å². The fourth-order valence-electron chi connectivity index (χ4n) is 3.03. The second kappa shape index (κ2) is 6.53. The molecule has 2 aromatic rings. The van der Waals surface area contributed by atoms with Crippen LogP contribution in [0.2, 0.25) is 0 Å². The molecule has 1 atom stereocenters. The van der Waals surface area contributed by atoms with Crippen molar-refractivity contribution in [3.8, 4) is 0 Å². The Morgan fingerprint density at radius 2 is 2.27 bits per heavy atom. The van der Waals surface area contributed by atoms with E-state index in [1.807, 2.05) is 18.4 Å². The highest BCUT2D eigenvalue weighted by molar-refractivity contribution is 7.09. The smallest absolute Gasteiger partial charge is 0.242 e. The van der Waals surface area contributed by atoms with Crippen molar-refractivity contribution >= 4 is 22.9 Å². The van der Waals surface area contributed by atoms with Crippen molar-refractivity contribution in [1.29, 1.82) is 0 Å². The number of nitrogens with zero attached hydrogens (tertiary/aromatic N) is 1. The molecule has 2 heterocycles. The SMILES string of the molecule is Cc1ccc2c(c1)CCCN2C(C)C(=O)NCc1cccs1. The fourth-order valence-corrected chi connectivity index (χ4v) is 3.68. The summed E-state index contributed by atoms with van der Waals surface area (Å²) in [4.78, 5) is 15.9. The van der Waals surface area contributed by atoms with E-state index in [4.69, 9.17) is 0 Å². The second-order valence-corrected chi connectivity index (χ2v) is 6.93. The molecule has 0 spiro atoms. The lowest BCUT2D eigenvalue weighted by molar-refractivity contribution is -0.122. The number of amides is 1. The lowest BCUT2D eigenvalue weighted by Gasteiger charge is -2.35. The van der Waals surface area contributed by atoms with E-state index in [2.05, 4.69) is 41.4 Å². The van der Waals surface area contributed by atoms with Gasteiger partial charge in [0.2, 0.25) is 5.91 Å². The third-order valence-electron chi connectivity index (χ3n) is 4.25. The van der Waals surface area contributed by atoms with Crippen molar-refractivity contribution in [2.75, 3.05) is 11.4 Å². The molecular formula is C18H22N2OS. The number of anilines is 1. The zero-order chi connectivity index (χ0) is 15.5. The zero-order valence-corrected chi connectivity index (χ0v) is 14.0. The molecule has 116 valence electrons. The van der Waals surface area contributed by atoms with Crippen molar-refractivity contribution in [2.45, 2.75) is 39.3 Å². The van der Waals surface area contributed by atoms with E-state index >= 15 is 0 Å². The minimum absolute atomic E-state index is 0.0989. The standard InChI is InChI=1S/C18H22N2OS/c1-13-7-8-17-15(11-13)5-3-9-20(17)14(2)18(21)19-12-16-6-4-10-22-16/h4,6-8,10-11,14H,3,5,9,12H2,1-2H3,(H,19,21). The van der Waals surface area contributed by atoms with Gasteiger partial charge in [-0.2, -0.15) is 0 Å². The highest BCUT2D eigenvalue weighted by Crippen LogP contribution is 2.29. The molecule has 0 saturated heterocycles. The molecule has 3 nitrogen and oxygen atoms in total. The van der Waals surface area contributed by atoms with E-state index in [0.29, 0.717) is 6.54 Å². The zero-order valence-electron chi connectivity index (χ0n) is 13.1. The number of hydrogen-bond donors (Lipinski definition) is 1. The van der Waals surface area contributed by atoms with Crippen molar-refractivity contribution in [2.24, 2.45) is 0 Å². The van der Waals surface area contributed by atoms with E-state index in [9.17, 15) is 4.79 Å². The fraction of sp³-hybridized carbons (Fsp3) is 0.389. The first kappa shape index (κ1) is 15.1. The lowest BCUT2D eigenvalue weighted by Crippen LogP contribution is -2.47. The van der Waals surface area contributed by atoms with E-state index in [1.54, 1.807) is 11.3 Å². The summed E-state index contributed by atoms with van der Waals surface area (Å²) < 4.78 is 0. The summed E-state index contributed by atoms with van der Waals surface area (Å²) in [5, 5.41) is 5.09. The third kappa shape index (κ3) is 3.17. The van der Waals surface area contributed by atoms with E-state index in [1.165, 1.54) is 21.7 Å². The van der Waals surface area contributed by atoms with Gasteiger partial charge in [-0.25, -0.2) is 0 Å². The van der Waals surface area contributed by atoms with Gasteiger partial charge in [0.15, 0.2) is 0 Å². The van der Waals surface area contributed by atoms with Crippen molar-refractivity contribution in [3.05, 3.63) is 51.7 Å². The Labute approximate surface area is 136 Å². The third-order valence-corrected chi connectivity index (χ3v) is 5.13. The topological polar surface area (TPSA) is 32.3 Å². The average molecular weight is 314 g/mol. The number of carbonyl (C=O) groups is 1. The van der Waals surface area contributed by atoms with Crippen LogP contribution >= 0.6 is 11.3 Å². The number of hydrogen-bond acceptors (Lipinski definition) is 3. The maximum atomic E-state index is 12.5. The summed E-state index contributed by atoms with van der Waals surface area (Å²) in [6.45, 7) is 5.69. The minimum atomic E-state index is -0.137. The normalized spacial score (nSPS) is 15.3. The molecule has 1 aliphatic rings. The molecule has 1 amide bonds. The van der Waals surface area contributed by atoms with E-state index in [0.717, 1.165) is 19.4 Å². The molecule has 22 heavy (non-hydrogen) atoms. The Hall–Kier alpha value is -1.81. The van der Waals surface area contributed by atoms with Crippen molar-refractivity contribution in [1.82, 2.24) is 5.32 Å². The maximum absolute atomic E-state index is 12.5. The molecule has 4 heteroatoms. The molecule has 0 saturated carbocycles. The molecule has 1 aromatic carbocycles. The molecular weight excluding hydrogens is 292 g/mol. The van der Waals surface area contributed by atoms with Gasteiger partial charge in [0.1, 0.15) is 6.04 Å². The summed E-state index contributed by atoms with van der Waals surface area (Å²) in [6.07, 6.45) is 2.22. The second-order valence-electron chi connectivity index (χ2n) is 5.90. The highest BCUT2D eigenvalue weighted by Gasteiger charge is 2.25. The van der Waals surface area contributed by atoms with Gasteiger partial charge in [-0.3, -0.25) is 4.79 Å². The average Bonchev–Trinajstić information content (AvgIpc) is 3.04. The van der Waals surface area contributed by atoms with Crippen LogP contribution in [0.25, 0.3) is 0 Å². The molecule has 1 aromatic heterocycles. The summed E-state index contributed by atoms with van der Waals surface area (Å²) >= 11 is 1.67. The molecule has 3 rings (SSSR count). The van der Waals surface area contributed by atoms with Gasteiger partial charge < -0.3 is 10.2 Å². The summed E-state index contributed by atoms with van der Waals surface area (Å²) in [5.41, 5.74) is 3.87. The number of fused-ring (bicyclic) bond motifs is 1. The number of aryl methyl sites for hydroxylation is 2. The monoisotopic (exact) mass is 314 g/mol. The Morgan fingerprint density at radius 1 is 1.41 bits per heavy atom. The summed E-state index contributed by atoms with van der Waals surface area (Å²) in [5.74, 6) is 0.0989. The number of rotatable bonds is 4. The van der Waals surface area contributed by atoms with Gasteiger partial charge >= 0.3 is 0 Å². The van der Waals surface area contributed by atoms with Crippen LogP contribution in [-0.2, 0) is 17.8 Å². The van der Waals surface area contributed by atoms with Crippen LogP contribution in [-0.4, -0.2) is 18.5 Å². The number of carbonyl (C=O) groups excluding carboxylic acids is 1. The number of thiophene rings is 1. The molecule has 1 aliphatic heterocycles. The molecule has 0 fully saturated rings. The van der Waals surface area contributed by atoms with Gasteiger partial charge in [-0.15, -0.1) is 11.3 Å². The maximum Gasteiger partial charge on any atom is 0.242 e. The lowest BCUT2D eigenvalue weighted by atomic mass is 9.98.